The minimum atomic E-state index is -0.615. The van der Waals surface area contributed by atoms with Gasteiger partial charge in [-0.2, -0.15) is 0 Å². The van der Waals surface area contributed by atoms with E-state index in [4.69, 9.17) is 4.74 Å². The Bertz CT molecular complexity index is 356. The summed E-state index contributed by atoms with van der Waals surface area (Å²) in [7, 11) is 1.46. The molecule has 82 valence electrons. The van der Waals surface area contributed by atoms with Gasteiger partial charge in [0.25, 0.3) is 0 Å². The Morgan fingerprint density at radius 2 is 2.07 bits per heavy atom. The third-order valence-corrected chi connectivity index (χ3v) is 2.22. The molecular formula is C10H13NO4. The molecule has 0 aliphatic carbocycles. The summed E-state index contributed by atoms with van der Waals surface area (Å²) in [4.78, 5) is 35.2. The number of ketones is 1. The second kappa shape index (κ2) is 4.25. The first-order chi connectivity index (χ1) is 6.99. The third-order valence-electron chi connectivity index (χ3n) is 2.22. The molecule has 5 nitrogen and oxygen atoms in total. The molecule has 0 N–H and O–H groups in total. The lowest BCUT2D eigenvalue weighted by molar-refractivity contribution is -0.142. The van der Waals surface area contributed by atoms with Crippen LogP contribution in [0.5, 0.6) is 0 Å². The van der Waals surface area contributed by atoms with Crippen molar-refractivity contribution < 1.29 is 19.1 Å². The summed E-state index contributed by atoms with van der Waals surface area (Å²) in [5.41, 5.74) is 0.315. The molecule has 0 fully saturated rings. The van der Waals surface area contributed by atoms with E-state index >= 15 is 0 Å². The van der Waals surface area contributed by atoms with Gasteiger partial charge in [0, 0.05) is 12.6 Å². The van der Waals surface area contributed by atoms with Crippen molar-refractivity contribution in [2.75, 3.05) is 13.7 Å². The van der Waals surface area contributed by atoms with E-state index in [-0.39, 0.29) is 36.0 Å². The highest BCUT2D eigenvalue weighted by Crippen LogP contribution is 2.24. The summed E-state index contributed by atoms with van der Waals surface area (Å²) in [6.45, 7) is 3.22. The summed E-state index contributed by atoms with van der Waals surface area (Å²) in [5, 5.41) is 0. The minimum Gasteiger partial charge on any atom is -0.461 e. The van der Waals surface area contributed by atoms with Crippen LogP contribution in [0.1, 0.15) is 20.3 Å². The molecule has 0 saturated carbocycles. The van der Waals surface area contributed by atoms with Gasteiger partial charge in [-0.1, -0.05) is 0 Å². The van der Waals surface area contributed by atoms with Crippen molar-refractivity contribution in [1.29, 1.82) is 0 Å². The summed E-state index contributed by atoms with van der Waals surface area (Å²) < 4.78 is 4.78. The zero-order chi connectivity index (χ0) is 11.6. The number of amides is 1. The van der Waals surface area contributed by atoms with Crippen molar-refractivity contribution in [2.45, 2.75) is 20.3 Å². The Morgan fingerprint density at radius 3 is 2.53 bits per heavy atom. The molecule has 0 aromatic carbocycles. The standard InChI is InChI=1S/C10H13NO4/c1-4-15-10(14)9-7(6(2)12)5-8(13)11(9)3/h4-5H2,1-3H3. The fraction of sp³-hybridized carbons (Fsp3) is 0.500. The number of nitrogens with zero attached hydrogens (tertiary/aromatic N) is 1. The monoisotopic (exact) mass is 211 g/mol. The SMILES string of the molecule is CCOC(=O)C1=C(C(C)=O)CC(=O)N1C. The largest absolute Gasteiger partial charge is 0.461 e. The molecule has 1 aliphatic heterocycles. The molecule has 0 spiro atoms. The van der Waals surface area contributed by atoms with Gasteiger partial charge in [-0.25, -0.2) is 4.79 Å². The molecule has 0 unspecified atom stereocenters. The first-order valence-electron chi connectivity index (χ1n) is 4.66. The van der Waals surface area contributed by atoms with Crippen LogP contribution in [0.3, 0.4) is 0 Å². The number of Topliss-reactive ketones (excluding diaryl/α,β-unsaturated/α-hetero) is 1. The van der Waals surface area contributed by atoms with Crippen LogP contribution in [0.25, 0.3) is 0 Å². The second-order valence-electron chi connectivity index (χ2n) is 3.23. The number of esters is 1. The van der Waals surface area contributed by atoms with Crippen LogP contribution >= 0.6 is 0 Å². The van der Waals surface area contributed by atoms with Gasteiger partial charge in [0.15, 0.2) is 5.78 Å². The molecule has 15 heavy (non-hydrogen) atoms. The number of likely N-dealkylation sites (N-methyl/N-ethyl adjacent to an activating group) is 1. The van der Waals surface area contributed by atoms with Crippen LogP contribution in [0.15, 0.2) is 11.3 Å². The normalized spacial score (nSPS) is 15.9. The van der Waals surface area contributed by atoms with Crippen LogP contribution in [-0.4, -0.2) is 36.2 Å². The van der Waals surface area contributed by atoms with Gasteiger partial charge in [0.05, 0.1) is 13.0 Å². The van der Waals surface area contributed by atoms with E-state index in [0.717, 1.165) is 0 Å². The first kappa shape index (κ1) is 11.4. The smallest absolute Gasteiger partial charge is 0.355 e. The van der Waals surface area contributed by atoms with Crippen LogP contribution in [0.2, 0.25) is 0 Å². The highest BCUT2D eigenvalue weighted by molar-refractivity contribution is 6.10. The van der Waals surface area contributed by atoms with E-state index in [0.29, 0.717) is 0 Å². The fourth-order valence-electron chi connectivity index (χ4n) is 1.43. The Labute approximate surface area is 87.7 Å². The van der Waals surface area contributed by atoms with Crippen molar-refractivity contribution >= 4 is 17.7 Å². The molecule has 0 aromatic heterocycles. The second-order valence-corrected chi connectivity index (χ2v) is 3.23. The average Bonchev–Trinajstić information content (AvgIpc) is 2.44. The van der Waals surface area contributed by atoms with Crippen LogP contribution in [-0.2, 0) is 19.1 Å². The van der Waals surface area contributed by atoms with Crippen LogP contribution < -0.4 is 0 Å². The quantitative estimate of drug-likeness (QED) is 0.628. The number of hydrogen-bond acceptors (Lipinski definition) is 4. The fourth-order valence-corrected chi connectivity index (χ4v) is 1.43. The first-order valence-corrected chi connectivity index (χ1v) is 4.66. The maximum absolute atomic E-state index is 11.5. The van der Waals surface area contributed by atoms with E-state index in [9.17, 15) is 14.4 Å². The van der Waals surface area contributed by atoms with E-state index in [1.165, 1.54) is 18.9 Å². The van der Waals surface area contributed by atoms with Crippen molar-refractivity contribution in [3.8, 4) is 0 Å². The van der Waals surface area contributed by atoms with Gasteiger partial charge in [-0.3, -0.25) is 9.59 Å². The number of carbonyl (C=O) groups is 3. The summed E-state index contributed by atoms with van der Waals surface area (Å²) in [6.07, 6.45) is -0.0139. The molecule has 5 heteroatoms. The van der Waals surface area contributed by atoms with Crippen molar-refractivity contribution in [2.24, 2.45) is 0 Å². The molecule has 0 aromatic rings. The number of hydrogen-bond donors (Lipinski definition) is 0. The molecule has 1 amide bonds. The summed E-state index contributed by atoms with van der Waals surface area (Å²) in [5.74, 6) is -1.14. The minimum absolute atomic E-state index is 0.0139. The zero-order valence-electron chi connectivity index (χ0n) is 8.99. The topological polar surface area (TPSA) is 63.7 Å². The number of ether oxygens (including phenoxy) is 1. The van der Waals surface area contributed by atoms with E-state index in [1.54, 1.807) is 6.92 Å². The lowest BCUT2D eigenvalue weighted by Crippen LogP contribution is -2.25. The molecule has 0 radical (unpaired) electrons. The van der Waals surface area contributed by atoms with E-state index in [1.807, 2.05) is 0 Å². The highest BCUT2D eigenvalue weighted by Gasteiger charge is 2.34. The summed E-state index contributed by atoms with van der Waals surface area (Å²) >= 11 is 0. The molecule has 1 aliphatic rings. The van der Waals surface area contributed by atoms with Gasteiger partial charge in [-0.15, -0.1) is 0 Å². The Hall–Kier alpha value is -1.65. The van der Waals surface area contributed by atoms with E-state index in [2.05, 4.69) is 0 Å². The van der Waals surface area contributed by atoms with Gasteiger partial charge >= 0.3 is 5.97 Å². The Morgan fingerprint density at radius 1 is 1.47 bits per heavy atom. The van der Waals surface area contributed by atoms with Gasteiger partial charge in [0.1, 0.15) is 5.70 Å². The van der Waals surface area contributed by atoms with Gasteiger partial charge in [-0.05, 0) is 13.8 Å². The number of carbonyl (C=O) groups excluding carboxylic acids is 3. The molecule has 1 rings (SSSR count). The lowest BCUT2D eigenvalue weighted by atomic mass is 10.1. The van der Waals surface area contributed by atoms with Gasteiger partial charge < -0.3 is 9.64 Å². The van der Waals surface area contributed by atoms with Crippen molar-refractivity contribution in [3.63, 3.8) is 0 Å². The Kier molecular flexibility index (Phi) is 3.24. The predicted octanol–water partition coefficient (Wildman–Crippen LogP) is 0.255. The summed E-state index contributed by atoms with van der Waals surface area (Å²) in [6, 6.07) is 0. The molecule has 0 atom stereocenters. The van der Waals surface area contributed by atoms with Crippen LogP contribution in [0, 0.1) is 0 Å². The van der Waals surface area contributed by atoms with Crippen molar-refractivity contribution in [3.05, 3.63) is 11.3 Å². The molecule has 0 bridgehead atoms. The maximum Gasteiger partial charge on any atom is 0.355 e. The average molecular weight is 211 g/mol. The van der Waals surface area contributed by atoms with Gasteiger partial charge in [0.2, 0.25) is 5.91 Å². The Balaban J connectivity index is 3.07. The highest BCUT2D eigenvalue weighted by atomic mass is 16.5. The number of rotatable bonds is 3. The van der Waals surface area contributed by atoms with Crippen molar-refractivity contribution in [1.82, 2.24) is 4.90 Å². The predicted molar refractivity (Wildman–Crippen MR) is 51.7 cm³/mol. The maximum atomic E-state index is 11.5. The molecule has 1 heterocycles. The molecule has 0 saturated heterocycles. The zero-order valence-corrected chi connectivity index (χ0v) is 8.99. The van der Waals surface area contributed by atoms with Crippen LogP contribution in [0.4, 0.5) is 0 Å². The third kappa shape index (κ3) is 2.06. The molecular weight excluding hydrogens is 198 g/mol. The lowest BCUT2D eigenvalue weighted by Gasteiger charge is -2.12. The van der Waals surface area contributed by atoms with E-state index < -0.39 is 5.97 Å².